The zero-order valence-electron chi connectivity index (χ0n) is 11.7. The zero-order chi connectivity index (χ0) is 14.8. The van der Waals surface area contributed by atoms with E-state index in [0.29, 0.717) is 11.7 Å². The Labute approximate surface area is 124 Å². The van der Waals surface area contributed by atoms with Crippen molar-refractivity contribution in [2.75, 3.05) is 6.26 Å². The van der Waals surface area contributed by atoms with E-state index in [9.17, 15) is 4.21 Å². The van der Waals surface area contributed by atoms with Crippen LogP contribution in [0.5, 0.6) is 0 Å². The van der Waals surface area contributed by atoms with Gasteiger partial charge in [0.25, 0.3) is 5.89 Å². The van der Waals surface area contributed by atoms with Gasteiger partial charge in [-0.25, -0.2) is 4.68 Å². The summed E-state index contributed by atoms with van der Waals surface area (Å²) in [5, 5.41) is 8.30. The molecule has 2 heterocycles. The van der Waals surface area contributed by atoms with Crippen LogP contribution >= 0.6 is 0 Å². The number of nitrogens with zero attached hydrogens (tertiary/aromatic N) is 4. The average Bonchev–Trinajstić information content (AvgIpc) is 3.06. The highest BCUT2D eigenvalue weighted by molar-refractivity contribution is 7.83. The summed E-state index contributed by atoms with van der Waals surface area (Å²) in [6.45, 7) is 1.89. The van der Waals surface area contributed by atoms with Crippen molar-refractivity contribution in [1.29, 1.82) is 0 Å². The van der Waals surface area contributed by atoms with Crippen LogP contribution in [0.1, 0.15) is 11.5 Å². The van der Waals surface area contributed by atoms with E-state index in [-0.39, 0.29) is 5.75 Å². The lowest BCUT2D eigenvalue weighted by molar-refractivity contribution is 0.424. The Kier molecular flexibility index (Phi) is 3.66. The molecule has 0 spiro atoms. The normalized spacial score (nSPS) is 12.5. The van der Waals surface area contributed by atoms with Gasteiger partial charge in [0, 0.05) is 23.3 Å². The lowest BCUT2D eigenvalue weighted by Crippen LogP contribution is -1.94. The number of hydrogen-bond donors (Lipinski definition) is 0. The number of aromatic nitrogens is 4. The second-order valence-electron chi connectivity index (χ2n) is 4.64. The molecule has 0 saturated heterocycles. The van der Waals surface area contributed by atoms with Gasteiger partial charge < -0.3 is 4.52 Å². The van der Waals surface area contributed by atoms with Crippen LogP contribution in [0.4, 0.5) is 0 Å². The smallest absolute Gasteiger partial charge is 0.261 e. The molecule has 6 nitrogen and oxygen atoms in total. The number of para-hydroxylation sites is 1. The second-order valence-corrected chi connectivity index (χ2v) is 6.08. The quantitative estimate of drug-likeness (QED) is 0.738. The minimum Gasteiger partial charge on any atom is -0.334 e. The lowest BCUT2D eigenvalue weighted by Gasteiger charge is -1.98. The molecule has 108 valence electrons. The summed E-state index contributed by atoms with van der Waals surface area (Å²) in [7, 11) is -0.995. The van der Waals surface area contributed by atoms with Crippen LogP contribution in [0.3, 0.4) is 0 Å². The predicted molar refractivity (Wildman–Crippen MR) is 79.4 cm³/mol. The molecule has 0 amide bonds. The van der Waals surface area contributed by atoms with E-state index >= 15 is 0 Å². The molecule has 0 bridgehead atoms. The van der Waals surface area contributed by atoms with Gasteiger partial charge in [-0.2, -0.15) is 10.1 Å². The molecule has 1 unspecified atom stereocenters. The Bertz CT molecular complexity index is 779. The molecule has 7 heteroatoms. The monoisotopic (exact) mass is 302 g/mol. The van der Waals surface area contributed by atoms with Crippen molar-refractivity contribution < 1.29 is 8.73 Å². The van der Waals surface area contributed by atoms with Gasteiger partial charge in [-0.05, 0) is 19.1 Å². The molecular formula is C14H14N4O2S. The van der Waals surface area contributed by atoms with Crippen LogP contribution in [0.2, 0.25) is 0 Å². The summed E-state index contributed by atoms with van der Waals surface area (Å²) in [5.41, 5.74) is 2.53. The number of benzene rings is 1. The number of aryl methyl sites for hydroxylation is 1. The fourth-order valence-electron chi connectivity index (χ4n) is 1.99. The van der Waals surface area contributed by atoms with Crippen molar-refractivity contribution in [3.8, 4) is 17.1 Å². The summed E-state index contributed by atoms with van der Waals surface area (Å²) >= 11 is 0. The van der Waals surface area contributed by atoms with Crippen molar-refractivity contribution in [2.45, 2.75) is 12.7 Å². The first-order valence-corrected chi connectivity index (χ1v) is 8.11. The average molecular weight is 302 g/mol. The van der Waals surface area contributed by atoms with Crippen molar-refractivity contribution in [3.05, 3.63) is 48.0 Å². The topological polar surface area (TPSA) is 73.8 Å². The molecule has 3 aromatic rings. The third-order valence-electron chi connectivity index (χ3n) is 2.95. The molecule has 0 aliphatic heterocycles. The molecule has 2 aromatic heterocycles. The first-order valence-electron chi connectivity index (χ1n) is 6.38. The summed E-state index contributed by atoms with van der Waals surface area (Å²) in [6.07, 6.45) is 3.46. The van der Waals surface area contributed by atoms with Crippen LogP contribution in [-0.2, 0) is 16.6 Å². The Hall–Kier alpha value is -2.28. The standard InChI is InChI=1S/C14H14N4O2S/c1-10-12(14-15-13(17-20-14)9-21(2)19)8-18(16-10)11-6-4-3-5-7-11/h3-8H,9H2,1-2H3. The van der Waals surface area contributed by atoms with E-state index in [1.54, 1.807) is 10.9 Å². The molecular weight excluding hydrogens is 288 g/mol. The third-order valence-corrected chi connectivity index (χ3v) is 3.62. The highest BCUT2D eigenvalue weighted by atomic mass is 32.2. The van der Waals surface area contributed by atoms with Gasteiger partial charge in [-0.1, -0.05) is 23.4 Å². The van der Waals surface area contributed by atoms with Crippen LogP contribution < -0.4 is 0 Å². The summed E-state index contributed by atoms with van der Waals surface area (Å²) in [4.78, 5) is 4.26. The first-order chi connectivity index (χ1) is 10.1. The molecule has 0 N–H and O–H groups in total. The van der Waals surface area contributed by atoms with Crippen molar-refractivity contribution in [2.24, 2.45) is 0 Å². The van der Waals surface area contributed by atoms with Gasteiger partial charge in [0.1, 0.15) is 0 Å². The number of hydrogen-bond acceptors (Lipinski definition) is 5. The maximum atomic E-state index is 11.2. The Balaban J connectivity index is 1.94. The van der Waals surface area contributed by atoms with E-state index < -0.39 is 10.8 Å². The molecule has 0 aliphatic rings. The van der Waals surface area contributed by atoms with Crippen molar-refractivity contribution in [1.82, 2.24) is 19.9 Å². The van der Waals surface area contributed by atoms with Crippen LogP contribution in [0.25, 0.3) is 17.1 Å². The largest absolute Gasteiger partial charge is 0.334 e. The van der Waals surface area contributed by atoms with E-state index in [0.717, 1.165) is 16.9 Å². The van der Waals surface area contributed by atoms with Crippen LogP contribution in [-0.4, -0.2) is 30.4 Å². The number of rotatable bonds is 4. The fourth-order valence-corrected chi connectivity index (χ4v) is 2.47. The fraction of sp³-hybridized carbons (Fsp3) is 0.214. The minimum absolute atomic E-state index is 0.287. The highest BCUT2D eigenvalue weighted by Gasteiger charge is 2.15. The maximum absolute atomic E-state index is 11.2. The van der Waals surface area contributed by atoms with E-state index in [4.69, 9.17) is 4.52 Å². The van der Waals surface area contributed by atoms with Gasteiger partial charge in [0.15, 0.2) is 5.82 Å². The molecule has 1 atom stereocenters. The third kappa shape index (κ3) is 2.92. The molecule has 0 saturated carbocycles. The SMILES string of the molecule is Cc1nn(-c2ccccc2)cc1-c1nc(CS(C)=O)no1. The van der Waals surface area contributed by atoms with Crippen LogP contribution in [0, 0.1) is 6.92 Å². The zero-order valence-corrected chi connectivity index (χ0v) is 12.5. The van der Waals surface area contributed by atoms with E-state index in [1.807, 2.05) is 43.5 Å². The van der Waals surface area contributed by atoms with E-state index in [1.165, 1.54) is 0 Å². The van der Waals surface area contributed by atoms with Crippen molar-refractivity contribution >= 4 is 10.8 Å². The molecule has 21 heavy (non-hydrogen) atoms. The van der Waals surface area contributed by atoms with Gasteiger partial charge in [0.05, 0.1) is 22.7 Å². The first kappa shape index (κ1) is 13.7. The van der Waals surface area contributed by atoms with Crippen LogP contribution in [0.15, 0.2) is 41.1 Å². The molecule has 0 aliphatic carbocycles. The Morgan fingerprint density at radius 2 is 2.05 bits per heavy atom. The predicted octanol–water partition coefficient (Wildman–Crippen LogP) is 2.11. The van der Waals surface area contributed by atoms with Gasteiger partial charge in [-0.3, -0.25) is 4.21 Å². The maximum Gasteiger partial charge on any atom is 0.261 e. The Morgan fingerprint density at radius 3 is 2.76 bits per heavy atom. The Morgan fingerprint density at radius 1 is 1.29 bits per heavy atom. The summed E-state index contributed by atoms with van der Waals surface area (Å²) in [5.74, 6) is 1.13. The highest BCUT2D eigenvalue weighted by Crippen LogP contribution is 2.22. The second kappa shape index (κ2) is 5.61. The molecule has 1 aromatic carbocycles. The van der Waals surface area contributed by atoms with Crippen molar-refractivity contribution in [3.63, 3.8) is 0 Å². The molecule has 0 fully saturated rings. The van der Waals surface area contributed by atoms with Gasteiger partial charge >= 0.3 is 0 Å². The molecule has 0 radical (unpaired) electrons. The van der Waals surface area contributed by atoms with Gasteiger partial charge in [-0.15, -0.1) is 0 Å². The van der Waals surface area contributed by atoms with E-state index in [2.05, 4.69) is 15.2 Å². The van der Waals surface area contributed by atoms with Gasteiger partial charge in [0.2, 0.25) is 0 Å². The molecule has 3 rings (SSSR count). The summed E-state index contributed by atoms with van der Waals surface area (Å²) < 4.78 is 18.2. The lowest BCUT2D eigenvalue weighted by atomic mass is 10.2. The summed E-state index contributed by atoms with van der Waals surface area (Å²) in [6, 6.07) is 9.79. The minimum atomic E-state index is -0.995.